The first-order chi connectivity index (χ1) is 11.2. The molecule has 2 amide bonds. The molecule has 0 aliphatic carbocycles. The number of carbonyl (C=O) groups is 2. The minimum atomic E-state index is -0.315. The largest absolute Gasteiger partial charge is 0.334 e. The number of para-hydroxylation sites is 1. The quantitative estimate of drug-likeness (QED) is 0.899. The van der Waals surface area contributed by atoms with Crippen molar-refractivity contribution in [2.75, 3.05) is 31.6 Å². The Hall–Kier alpha value is -1.88. The highest BCUT2D eigenvalue weighted by molar-refractivity contribution is 6.01. The molecule has 0 aromatic heterocycles. The number of likely N-dealkylation sites (N-methyl/N-ethyl adjacent to an activating group) is 1. The maximum Gasteiger partial charge on any atom is 0.249 e. The molecule has 5 nitrogen and oxygen atoms in total. The Morgan fingerprint density at radius 3 is 2.78 bits per heavy atom. The van der Waals surface area contributed by atoms with Crippen LogP contribution in [0.1, 0.15) is 25.7 Å². The first-order valence-electron chi connectivity index (χ1n) is 8.49. The van der Waals surface area contributed by atoms with E-state index in [1.165, 1.54) is 0 Å². The zero-order valence-electron chi connectivity index (χ0n) is 13.7. The van der Waals surface area contributed by atoms with Gasteiger partial charge in [0.15, 0.2) is 0 Å². The smallest absolute Gasteiger partial charge is 0.249 e. The highest BCUT2D eigenvalue weighted by Crippen LogP contribution is 2.24. The molecular weight excluding hydrogens is 290 g/mol. The van der Waals surface area contributed by atoms with E-state index in [0.29, 0.717) is 25.3 Å². The fourth-order valence-electron chi connectivity index (χ4n) is 3.53. The van der Waals surface area contributed by atoms with Gasteiger partial charge in [0, 0.05) is 25.7 Å². The Morgan fingerprint density at radius 1 is 1.30 bits per heavy atom. The predicted octanol–water partition coefficient (Wildman–Crippen LogP) is 1.64. The first kappa shape index (κ1) is 16.0. The number of benzene rings is 1. The van der Waals surface area contributed by atoms with Crippen LogP contribution >= 0.6 is 0 Å². The van der Waals surface area contributed by atoms with Crippen LogP contribution in [-0.4, -0.2) is 49.4 Å². The van der Waals surface area contributed by atoms with E-state index in [1.54, 1.807) is 16.8 Å². The Bertz CT molecular complexity index is 555. The number of carbonyl (C=O) groups excluding carboxylic acids is 2. The van der Waals surface area contributed by atoms with Gasteiger partial charge in [-0.3, -0.25) is 9.59 Å². The Balaban J connectivity index is 1.56. The molecule has 2 aliphatic heterocycles. The van der Waals surface area contributed by atoms with Gasteiger partial charge in [-0.05, 0) is 50.4 Å². The van der Waals surface area contributed by atoms with Crippen molar-refractivity contribution in [1.82, 2.24) is 10.2 Å². The molecule has 2 heterocycles. The van der Waals surface area contributed by atoms with Crippen molar-refractivity contribution < 1.29 is 9.59 Å². The lowest BCUT2D eigenvalue weighted by atomic mass is 10.0. The van der Waals surface area contributed by atoms with Crippen LogP contribution in [0.4, 0.5) is 5.69 Å². The van der Waals surface area contributed by atoms with Gasteiger partial charge in [0.1, 0.15) is 6.04 Å². The number of nitrogens with one attached hydrogen (secondary N) is 1. The van der Waals surface area contributed by atoms with E-state index in [2.05, 4.69) is 5.32 Å². The van der Waals surface area contributed by atoms with E-state index in [9.17, 15) is 9.59 Å². The second-order valence-electron chi connectivity index (χ2n) is 6.53. The minimum Gasteiger partial charge on any atom is -0.334 e. The second kappa shape index (κ2) is 7.13. The Kier molecular flexibility index (Phi) is 4.96. The van der Waals surface area contributed by atoms with Crippen molar-refractivity contribution in [3.05, 3.63) is 30.3 Å². The van der Waals surface area contributed by atoms with Gasteiger partial charge in [0.2, 0.25) is 11.8 Å². The molecule has 2 atom stereocenters. The van der Waals surface area contributed by atoms with Gasteiger partial charge in [-0.1, -0.05) is 18.2 Å². The second-order valence-corrected chi connectivity index (χ2v) is 6.53. The standard InChI is InChI=1S/C18H25N3O2/c1-20(17(22)8-7-14-9-11-19-13-14)16-10-12-21(18(16)23)15-5-3-2-4-6-15/h2-6,14,16,19H,7-13H2,1H3. The molecule has 5 heteroatoms. The van der Waals surface area contributed by atoms with Gasteiger partial charge in [-0.25, -0.2) is 0 Å². The van der Waals surface area contributed by atoms with Crippen LogP contribution in [0, 0.1) is 5.92 Å². The molecule has 2 unspecified atom stereocenters. The summed E-state index contributed by atoms with van der Waals surface area (Å²) < 4.78 is 0. The average Bonchev–Trinajstić information content (AvgIpc) is 3.22. The number of hydrogen-bond acceptors (Lipinski definition) is 3. The third kappa shape index (κ3) is 3.55. The summed E-state index contributed by atoms with van der Waals surface area (Å²) in [6.45, 7) is 2.75. The van der Waals surface area contributed by atoms with E-state index < -0.39 is 0 Å². The fourth-order valence-corrected chi connectivity index (χ4v) is 3.53. The van der Waals surface area contributed by atoms with Crippen LogP contribution in [0.2, 0.25) is 0 Å². The summed E-state index contributed by atoms with van der Waals surface area (Å²) >= 11 is 0. The Labute approximate surface area is 137 Å². The molecule has 1 aromatic carbocycles. The van der Waals surface area contributed by atoms with Gasteiger partial charge >= 0.3 is 0 Å². The molecule has 23 heavy (non-hydrogen) atoms. The van der Waals surface area contributed by atoms with Gasteiger partial charge in [-0.15, -0.1) is 0 Å². The summed E-state index contributed by atoms with van der Waals surface area (Å²) in [5.74, 6) is 0.729. The maximum absolute atomic E-state index is 12.6. The van der Waals surface area contributed by atoms with E-state index in [4.69, 9.17) is 0 Å². The third-order valence-corrected chi connectivity index (χ3v) is 5.03. The van der Waals surface area contributed by atoms with Gasteiger partial charge in [-0.2, -0.15) is 0 Å². The van der Waals surface area contributed by atoms with E-state index in [0.717, 1.165) is 31.6 Å². The van der Waals surface area contributed by atoms with E-state index in [1.807, 2.05) is 30.3 Å². The summed E-state index contributed by atoms with van der Waals surface area (Å²) in [7, 11) is 1.77. The van der Waals surface area contributed by atoms with Gasteiger partial charge < -0.3 is 15.1 Å². The maximum atomic E-state index is 12.6. The van der Waals surface area contributed by atoms with Crippen LogP contribution < -0.4 is 10.2 Å². The number of anilines is 1. The lowest BCUT2D eigenvalue weighted by Gasteiger charge is -2.24. The highest BCUT2D eigenvalue weighted by atomic mass is 16.2. The topological polar surface area (TPSA) is 52.7 Å². The average molecular weight is 315 g/mol. The molecule has 1 N–H and O–H groups in total. The first-order valence-corrected chi connectivity index (χ1v) is 8.49. The number of amides is 2. The summed E-state index contributed by atoms with van der Waals surface area (Å²) in [5.41, 5.74) is 0.915. The zero-order valence-corrected chi connectivity index (χ0v) is 13.7. The molecular formula is C18H25N3O2. The number of hydrogen-bond donors (Lipinski definition) is 1. The molecule has 0 saturated carbocycles. The summed E-state index contributed by atoms with van der Waals surface area (Å²) in [6.07, 6.45) is 3.32. The number of nitrogens with zero attached hydrogens (tertiary/aromatic N) is 2. The van der Waals surface area contributed by atoms with Crippen LogP contribution in [0.15, 0.2) is 30.3 Å². The van der Waals surface area contributed by atoms with Crippen molar-refractivity contribution in [2.24, 2.45) is 5.92 Å². The fraction of sp³-hybridized carbons (Fsp3) is 0.556. The molecule has 1 aromatic rings. The molecule has 2 aliphatic rings. The van der Waals surface area contributed by atoms with Crippen LogP contribution in [0.5, 0.6) is 0 Å². The van der Waals surface area contributed by atoms with Gasteiger partial charge in [0.25, 0.3) is 0 Å². The monoisotopic (exact) mass is 315 g/mol. The summed E-state index contributed by atoms with van der Waals surface area (Å²) in [6, 6.07) is 9.37. The predicted molar refractivity (Wildman–Crippen MR) is 90.2 cm³/mol. The van der Waals surface area contributed by atoms with Crippen LogP contribution in [0.3, 0.4) is 0 Å². The highest BCUT2D eigenvalue weighted by Gasteiger charge is 2.37. The Morgan fingerprint density at radius 2 is 2.09 bits per heavy atom. The lowest BCUT2D eigenvalue weighted by Crippen LogP contribution is -2.43. The zero-order chi connectivity index (χ0) is 16.2. The van der Waals surface area contributed by atoms with Crippen LogP contribution in [-0.2, 0) is 9.59 Å². The SMILES string of the molecule is CN(C(=O)CCC1CCNC1)C1CCN(c2ccccc2)C1=O. The molecule has 3 rings (SSSR count). The molecule has 0 radical (unpaired) electrons. The van der Waals surface area contributed by atoms with Crippen molar-refractivity contribution in [3.8, 4) is 0 Å². The van der Waals surface area contributed by atoms with Crippen molar-refractivity contribution in [1.29, 1.82) is 0 Å². The van der Waals surface area contributed by atoms with Crippen molar-refractivity contribution in [3.63, 3.8) is 0 Å². The molecule has 0 spiro atoms. The lowest BCUT2D eigenvalue weighted by molar-refractivity contribution is -0.136. The minimum absolute atomic E-state index is 0.0367. The van der Waals surface area contributed by atoms with Crippen LogP contribution in [0.25, 0.3) is 0 Å². The molecule has 2 saturated heterocycles. The molecule has 124 valence electrons. The summed E-state index contributed by atoms with van der Waals surface area (Å²) in [5, 5.41) is 3.33. The molecule has 0 bridgehead atoms. The van der Waals surface area contributed by atoms with Gasteiger partial charge in [0.05, 0.1) is 0 Å². The van der Waals surface area contributed by atoms with E-state index >= 15 is 0 Å². The number of rotatable bonds is 5. The summed E-state index contributed by atoms with van der Waals surface area (Å²) in [4.78, 5) is 28.5. The van der Waals surface area contributed by atoms with E-state index in [-0.39, 0.29) is 17.9 Å². The molecule has 2 fully saturated rings. The third-order valence-electron chi connectivity index (χ3n) is 5.03. The van der Waals surface area contributed by atoms with Crippen molar-refractivity contribution >= 4 is 17.5 Å². The van der Waals surface area contributed by atoms with Crippen molar-refractivity contribution in [2.45, 2.75) is 31.7 Å². The normalized spacial score (nSPS) is 24.2.